The zero-order valence-electron chi connectivity index (χ0n) is 15.5. The molecule has 0 saturated carbocycles. The van der Waals surface area contributed by atoms with Gasteiger partial charge >= 0.3 is 0 Å². The third kappa shape index (κ3) is 7.26. The van der Waals surface area contributed by atoms with Gasteiger partial charge in [0.2, 0.25) is 0 Å². The van der Waals surface area contributed by atoms with Crippen molar-refractivity contribution in [2.75, 3.05) is 6.54 Å². The minimum atomic E-state index is 0. The van der Waals surface area contributed by atoms with Crippen LogP contribution in [-0.4, -0.2) is 6.54 Å². The molecule has 3 rings (SSSR count). The lowest BCUT2D eigenvalue weighted by Gasteiger charge is -2.09. The van der Waals surface area contributed by atoms with Crippen LogP contribution in [0.2, 0.25) is 5.02 Å². The summed E-state index contributed by atoms with van der Waals surface area (Å²) in [4.78, 5) is 0. The monoisotopic (exact) mass is 401 g/mol. The SMILES string of the molecule is Cc1ccc(COc2cccc(CNCCc3ccc(Cl)cc3)c2)cc1.Cl. The van der Waals surface area contributed by atoms with Gasteiger partial charge in [0.25, 0.3) is 0 Å². The molecule has 3 aromatic carbocycles. The summed E-state index contributed by atoms with van der Waals surface area (Å²) in [7, 11) is 0. The summed E-state index contributed by atoms with van der Waals surface area (Å²) < 4.78 is 5.92. The van der Waals surface area contributed by atoms with Gasteiger partial charge in [-0.2, -0.15) is 0 Å². The second-order valence-electron chi connectivity index (χ2n) is 6.47. The molecular formula is C23H25Cl2NO. The highest BCUT2D eigenvalue weighted by molar-refractivity contribution is 6.30. The molecule has 0 saturated heterocycles. The maximum Gasteiger partial charge on any atom is 0.120 e. The highest BCUT2D eigenvalue weighted by Gasteiger charge is 1.99. The van der Waals surface area contributed by atoms with E-state index in [-0.39, 0.29) is 12.4 Å². The summed E-state index contributed by atoms with van der Waals surface area (Å²) in [5.41, 5.74) is 4.96. The van der Waals surface area contributed by atoms with Crippen LogP contribution >= 0.6 is 24.0 Å². The Morgan fingerprint density at radius 3 is 2.30 bits per heavy atom. The highest BCUT2D eigenvalue weighted by atomic mass is 35.5. The van der Waals surface area contributed by atoms with Gasteiger partial charge in [0.15, 0.2) is 0 Å². The minimum absolute atomic E-state index is 0. The van der Waals surface area contributed by atoms with E-state index < -0.39 is 0 Å². The van der Waals surface area contributed by atoms with Crippen molar-refractivity contribution >= 4 is 24.0 Å². The van der Waals surface area contributed by atoms with Gasteiger partial charge < -0.3 is 10.1 Å². The maximum atomic E-state index is 5.92. The van der Waals surface area contributed by atoms with Crippen LogP contribution in [0.3, 0.4) is 0 Å². The molecule has 0 heterocycles. The van der Waals surface area contributed by atoms with Crippen molar-refractivity contribution in [1.82, 2.24) is 5.32 Å². The second kappa shape index (κ2) is 11.0. The topological polar surface area (TPSA) is 21.3 Å². The van der Waals surface area contributed by atoms with Crippen LogP contribution in [0.1, 0.15) is 22.3 Å². The van der Waals surface area contributed by atoms with Gasteiger partial charge in [-0.05, 0) is 60.8 Å². The van der Waals surface area contributed by atoms with E-state index in [1.54, 1.807) is 0 Å². The van der Waals surface area contributed by atoms with E-state index in [1.807, 2.05) is 24.3 Å². The number of hydrogen-bond acceptors (Lipinski definition) is 2. The summed E-state index contributed by atoms with van der Waals surface area (Å²) >= 11 is 5.91. The standard InChI is InChI=1S/C23H24ClNO.ClH/c1-18-5-7-20(8-6-18)17-26-23-4-2-3-21(15-23)16-25-14-13-19-9-11-22(24)12-10-19;/h2-12,15,25H,13-14,16-17H2,1H3;1H. The average molecular weight is 402 g/mol. The third-order valence-electron chi connectivity index (χ3n) is 4.26. The molecule has 1 N–H and O–H groups in total. The number of rotatable bonds is 8. The highest BCUT2D eigenvalue weighted by Crippen LogP contribution is 2.16. The van der Waals surface area contributed by atoms with Gasteiger partial charge in [0.05, 0.1) is 0 Å². The van der Waals surface area contributed by atoms with E-state index in [1.165, 1.54) is 22.3 Å². The molecule has 0 fully saturated rings. The van der Waals surface area contributed by atoms with Crippen molar-refractivity contribution in [2.45, 2.75) is 26.5 Å². The van der Waals surface area contributed by atoms with E-state index in [0.717, 1.165) is 30.3 Å². The lowest BCUT2D eigenvalue weighted by atomic mass is 10.1. The summed E-state index contributed by atoms with van der Waals surface area (Å²) in [5.74, 6) is 0.905. The van der Waals surface area contributed by atoms with Crippen LogP contribution in [0.15, 0.2) is 72.8 Å². The molecule has 0 atom stereocenters. The van der Waals surface area contributed by atoms with Gasteiger partial charge in [-0.15, -0.1) is 12.4 Å². The Bertz CT molecular complexity index is 817. The molecule has 0 aromatic heterocycles. The second-order valence-corrected chi connectivity index (χ2v) is 6.91. The van der Waals surface area contributed by atoms with Crippen LogP contribution in [0.4, 0.5) is 0 Å². The molecule has 0 aliphatic heterocycles. The molecule has 0 bridgehead atoms. The zero-order chi connectivity index (χ0) is 18.2. The normalized spacial score (nSPS) is 10.3. The first-order valence-electron chi connectivity index (χ1n) is 8.91. The number of hydrogen-bond donors (Lipinski definition) is 1. The average Bonchev–Trinajstić information content (AvgIpc) is 2.67. The van der Waals surface area contributed by atoms with Crippen LogP contribution in [0.5, 0.6) is 5.75 Å². The molecular weight excluding hydrogens is 377 g/mol. The maximum absolute atomic E-state index is 5.92. The van der Waals surface area contributed by atoms with Crippen LogP contribution in [-0.2, 0) is 19.6 Å². The van der Waals surface area contributed by atoms with E-state index in [2.05, 4.69) is 60.8 Å². The smallest absolute Gasteiger partial charge is 0.120 e. The molecule has 3 aromatic rings. The first kappa shape index (κ1) is 21.3. The Balaban J connectivity index is 0.00000261. The molecule has 0 aliphatic rings. The fourth-order valence-corrected chi connectivity index (χ4v) is 2.84. The van der Waals surface area contributed by atoms with Crippen molar-refractivity contribution in [2.24, 2.45) is 0 Å². The fraction of sp³-hybridized carbons (Fsp3) is 0.217. The Labute approximate surface area is 172 Å². The number of ether oxygens (including phenoxy) is 1. The number of halogens is 2. The van der Waals surface area contributed by atoms with E-state index in [0.29, 0.717) is 6.61 Å². The Hall–Kier alpha value is -2.00. The van der Waals surface area contributed by atoms with Gasteiger partial charge in [0.1, 0.15) is 12.4 Å². The summed E-state index contributed by atoms with van der Waals surface area (Å²) in [6.07, 6.45) is 0.987. The first-order valence-corrected chi connectivity index (χ1v) is 9.29. The summed E-state index contributed by atoms with van der Waals surface area (Å²) in [6.45, 7) is 4.44. The van der Waals surface area contributed by atoms with Crippen molar-refractivity contribution in [3.63, 3.8) is 0 Å². The largest absolute Gasteiger partial charge is 0.489 e. The summed E-state index contributed by atoms with van der Waals surface area (Å²) in [5, 5.41) is 4.27. The Morgan fingerprint density at radius 2 is 1.56 bits per heavy atom. The van der Waals surface area contributed by atoms with Crippen molar-refractivity contribution < 1.29 is 4.74 Å². The van der Waals surface area contributed by atoms with Crippen LogP contribution in [0, 0.1) is 6.92 Å². The molecule has 27 heavy (non-hydrogen) atoms. The van der Waals surface area contributed by atoms with Crippen LogP contribution in [0.25, 0.3) is 0 Å². The van der Waals surface area contributed by atoms with Gasteiger partial charge in [0, 0.05) is 11.6 Å². The molecule has 0 amide bonds. The predicted molar refractivity (Wildman–Crippen MR) is 116 cm³/mol. The van der Waals surface area contributed by atoms with E-state index >= 15 is 0 Å². The van der Waals surface area contributed by atoms with E-state index in [9.17, 15) is 0 Å². The van der Waals surface area contributed by atoms with Crippen molar-refractivity contribution in [3.05, 3.63) is 100 Å². The lowest BCUT2D eigenvalue weighted by Crippen LogP contribution is -2.16. The predicted octanol–water partition coefficient (Wildman–Crippen LogP) is 5.98. The van der Waals surface area contributed by atoms with Gasteiger partial charge in [-0.1, -0.05) is 65.7 Å². The fourth-order valence-electron chi connectivity index (χ4n) is 2.71. The molecule has 4 heteroatoms. The Kier molecular flexibility index (Phi) is 8.66. The van der Waals surface area contributed by atoms with Gasteiger partial charge in [-0.3, -0.25) is 0 Å². The molecule has 0 unspecified atom stereocenters. The molecule has 0 aliphatic carbocycles. The molecule has 0 radical (unpaired) electrons. The summed E-state index contributed by atoms with van der Waals surface area (Å²) in [6, 6.07) is 24.7. The van der Waals surface area contributed by atoms with Crippen molar-refractivity contribution in [3.8, 4) is 5.75 Å². The first-order chi connectivity index (χ1) is 12.7. The van der Waals surface area contributed by atoms with Gasteiger partial charge in [-0.25, -0.2) is 0 Å². The quantitative estimate of drug-likeness (QED) is 0.468. The number of benzene rings is 3. The molecule has 0 spiro atoms. The molecule has 142 valence electrons. The zero-order valence-corrected chi connectivity index (χ0v) is 17.0. The number of aryl methyl sites for hydroxylation is 1. The van der Waals surface area contributed by atoms with Crippen LogP contribution < -0.4 is 10.1 Å². The number of nitrogens with one attached hydrogen (secondary N) is 1. The Morgan fingerprint density at radius 1 is 0.852 bits per heavy atom. The van der Waals surface area contributed by atoms with Crippen molar-refractivity contribution in [1.29, 1.82) is 0 Å². The minimum Gasteiger partial charge on any atom is -0.489 e. The van der Waals surface area contributed by atoms with E-state index in [4.69, 9.17) is 16.3 Å². The molecule has 2 nitrogen and oxygen atoms in total. The third-order valence-corrected chi connectivity index (χ3v) is 4.51. The lowest BCUT2D eigenvalue weighted by molar-refractivity contribution is 0.306.